The Morgan fingerprint density at radius 2 is 2.11 bits per heavy atom. The zero-order valence-electron chi connectivity index (χ0n) is 10.8. The fourth-order valence-electron chi connectivity index (χ4n) is 1.87. The summed E-state index contributed by atoms with van der Waals surface area (Å²) in [6.45, 7) is 3.59. The Hall–Kier alpha value is -1.75. The number of benzene rings is 1. The van der Waals surface area contributed by atoms with Gasteiger partial charge in [0.15, 0.2) is 0 Å². The molecule has 6 heteroatoms. The van der Waals surface area contributed by atoms with Gasteiger partial charge in [0.25, 0.3) is 0 Å². The zero-order chi connectivity index (χ0) is 14.0. The van der Waals surface area contributed by atoms with Crippen molar-refractivity contribution in [1.29, 1.82) is 0 Å². The molecule has 1 N–H and O–H groups in total. The van der Waals surface area contributed by atoms with Crippen molar-refractivity contribution in [3.05, 3.63) is 29.3 Å². The molecular weight excluding hydrogens is 268 g/mol. The van der Waals surface area contributed by atoms with Crippen LogP contribution in [-0.4, -0.2) is 25.0 Å². The summed E-state index contributed by atoms with van der Waals surface area (Å²) in [6.07, 6.45) is 0. The van der Waals surface area contributed by atoms with Crippen molar-refractivity contribution in [1.82, 2.24) is 5.43 Å². The number of esters is 1. The third-order valence-corrected chi connectivity index (χ3v) is 3.28. The van der Waals surface area contributed by atoms with Gasteiger partial charge in [0.1, 0.15) is 12.0 Å². The summed E-state index contributed by atoms with van der Waals surface area (Å²) >= 11 is 5.82. The number of hydrogen-bond acceptors (Lipinski definition) is 4. The van der Waals surface area contributed by atoms with Gasteiger partial charge in [0, 0.05) is 11.9 Å². The van der Waals surface area contributed by atoms with Crippen molar-refractivity contribution in [2.75, 3.05) is 18.2 Å². The molecule has 0 saturated carbocycles. The molecule has 5 nitrogen and oxygen atoms in total. The van der Waals surface area contributed by atoms with E-state index >= 15 is 0 Å². The molecule has 1 atom stereocenters. The third kappa shape index (κ3) is 2.98. The number of carbonyl (C=O) groups is 2. The van der Waals surface area contributed by atoms with Gasteiger partial charge in [0.2, 0.25) is 5.91 Å². The zero-order valence-corrected chi connectivity index (χ0v) is 11.5. The van der Waals surface area contributed by atoms with Crippen molar-refractivity contribution in [2.24, 2.45) is 5.41 Å². The van der Waals surface area contributed by atoms with E-state index < -0.39 is 5.41 Å². The van der Waals surface area contributed by atoms with E-state index in [1.54, 1.807) is 24.1 Å². The average Bonchev–Trinajstić information content (AvgIpc) is 2.65. The molecule has 0 aliphatic carbocycles. The minimum absolute atomic E-state index is 0.0677. The molecule has 102 valence electrons. The predicted molar refractivity (Wildman–Crippen MR) is 71.7 cm³/mol. The van der Waals surface area contributed by atoms with Gasteiger partial charge >= 0.3 is 5.97 Å². The Morgan fingerprint density at radius 1 is 1.47 bits per heavy atom. The maximum atomic E-state index is 12.0. The summed E-state index contributed by atoms with van der Waals surface area (Å²) in [7, 11) is 0. The van der Waals surface area contributed by atoms with Crippen LogP contribution in [0.1, 0.15) is 13.8 Å². The number of anilines is 1. The first-order valence-corrected chi connectivity index (χ1v) is 6.26. The van der Waals surface area contributed by atoms with E-state index in [9.17, 15) is 9.59 Å². The molecule has 1 heterocycles. The summed E-state index contributed by atoms with van der Waals surface area (Å²) in [5.74, 6) is -0.553. The number of nitrogens with one attached hydrogen (secondary N) is 1. The minimum atomic E-state index is -0.745. The first-order chi connectivity index (χ1) is 8.90. The van der Waals surface area contributed by atoms with E-state index in [0.717, 1.165) is 5.69 Å². The van der Waals surface area contributed by atoms with Crippen LogP contribution >= 0.6 is 11.6 Å². The number of halogens is 1. The van der Waals surface area contributed by atoms with Crippen LogP contribution < -0.4 is 10.4 Å². The summed E-state index contributed by atoms with van der Waals surface area (Å²) in [5.41, 5.74) is 2.86. The first kappa shape index (κ1) is 13.7. The number of hydrogen-bond donors (Lipinski definition) is 1. The second kappa shape index (κ2) is 5.09. The van der Waals surface area contributed by atoms with Gasteiger partial charge in [-0.1, -0.05) is 11.6 Å². The summed E-state index contributed by atoms with van der Waals surface area (Å²) < 4.78 is 4.95. The molecule has 0 bridgehead atoms. The lowest BCUT2D eigenvalue weighted by atomic mass is 9.92. The van der Waals surface area contributed by atoms with Gasteiger partial charge in [0.05, 0.1) is 12.2 Å². The molecule has 1 unspecified atom stereocenters. The lowest BCUT2D eigenvalue weighted by Crippen LogP contribution is -2.35. The Kier molecular flexibility index (Phi) is 3.66. The summed E-state index contributed by atoms with van der Waals surface area (Å²) in [6, 6.07) is 7.15. The molecule has 1 aromatic carbocycles. The average molecular weight is 283 g/mol. The van der Waals surface area contributed by atoms with Crippen LogP contribution in [0.15, 0.2) is 24.3 Å². The smallest absolute Gasteiger partial charge is 0.302 e. The predicted octanol–water partition coefficient (Wildman–Crippen LogP) is 1.76. The molecule has 1 aliphatic heterocycles. The lowest BCUT2D eigenvalue weighted by Gasteiger charge is -2.21. The van der Waals surface area contributed by atoms with E-state index in [-0.39, 0.29) is 18.5 Å². The van der Waals surface area contributed by atoms with Crippen molar-refractivity contribution in [3.63, 3.8) is 0 Å². The molecule has 0 aromatic heterocycles. The van der Waals surface area contributed by atoms with E-state index in [0.29, 0.717) is 11.6 Å². The standard InChI is InChI=1S/C13H15ClN2O3/c1-9(17)19-8-13(2)7-16(15-12(13)18)11-5-3-10(14)4-6-11/h3-6H,7-8H2,1-2H3,(H,15,18). The molecule has 0 spiro atoms. The number of nitrogens with zero attached hydrogens (tertiary/aromatic N) is 1. The van der Waals surface area contributed by atoms with Crippen LogP contribution in [0.3, 0.4) is 0 Å². The fourth-order valence-corrected chi connectivity index (χ4v) is 1.99. The molecule has 1 aliphatic rings. The van der Waals surface area contributed by atoms with E-state index in [4.69, 9.17) is 16.3 Å². The SMILES string of the molecule is CC(=O)OCC1(C)CN(c2ccc(Cl)cc2)NC1=O. The van der Waals surface area contributed by atoms with Gasteiger partial charge < -0.3 is 4.74 Å². The van der Waals surface area contributed by atoms with Crippen LogP contribution in [0.4, 0.5) is 5.69 Å². The molecule has 1 saturated heterocycles. The molecule has 1 amide bonds. The highest BCUT2D eigenvalue weighted by Gasteiger charge is 2.43. The van der Waals surface area contributed by atoms with Crippen LogP contribution in [0, 0.1) is 5.41 Å². The van der Waals surface area contributed by atoms with Crippen LogP contribution in [0.2, 0.25) is 5.02 Å². The van der Waals surface area contributed by atoms with E-state index in [1.165, 1.54) is 6.92 Å². The van der Waals surface area contributed by atoms with Crippen LogP contribution in [0.25, 0.3) is 0 Å². The second-order valence-corrected chi connectivity index (χ2v) is 5.28. The monoisotopic (exact) mass is 282 g/mol. The Morgan fingerprint density at radius 3 is 2.68 bits per heavy atom. The van der Waals surface area contributed by atoms with E-state index in [1.807, 2.05) is 12.1 Å². The van der Waals surface area contributed by atoms with Gasteiger partial charge in [-0.05, 0) is 31.2 Å². The van der Waals surface area contributed by atoms with Crippen molar-refractivity contribution in [3.8, 4) is 0 Å². The third-order valence-electron chi connectivity index (χ3n) is 3.02. The highest BCUT2D eigenvalue weighted by molar-refractivity contribution is 6.30. The van der Waals surface area contributed by atoms with Gasteiger partial charge in [-0.3, -0.25) is 20.0 Å². The Balaban J connectivity index is 2.10. The van der Waals surface area contributed by atoms with Crippen molar-refractivity contribution in [2.45, 2.75) is 13.8 Å². The number of amides is 1. The molecular formula is C13H15ClN2O3. The maximum Gasteiger partial charge on any atom is 0.302 e. The highest BCUT2D eigenvalue weighted by atomic mass is 35.5. The number of ether oxygens (including phenoxy) is 1. The number of hydrazine groups is 1. The topological polar surface area (TPSA) is 58.6 Å². The maximum absolute atomic E-state index is 12.0. The highest BCUT2D eigenvalue weighted by Crippen LogP contribution is 2.28. The lowest BCUT2D eigenvalue weighted by molar-refractivity contribution is -0.146. The minimum Gasteiger partial charge on any atom is -0.465 e. The van der Waals surface area contributed by atoms with Crippen molar-refractivity contribution < 1.29 is 14.3 Å². The summed E-state index contributed by atoms with van der Waals surface area (Å²) in [5, 5.41) is 2.36. The van der Waals surface area contributed by atoms with Crippen molar-refractivity contribution >= 4 is 29.2 Å². The normalized spacial score (nSPS) is 22.3. The molecule has 2 rings (SSSR count). The Bertz CT molecular complexity index is 503. The quantitative estimate of drug-likeness (QED) is 0.858. The molecule has 0 radical (unpaired) electrons. The van der Waals surface area contributed by atoms with E-state index in [2.05, 4.69) is 5.43 Å². The Labute approximate surface area is 116 Å². The van der Waals surface area contributed by atoms with Gasteiger partial charge in [-0.15, -0.1) is 0 Å². The molecule has 19 heavy (non-hydrogen) atoms. The first-order valence-electron chi connectivity index (χ1n) is 5.88. The number of rotatable bonds is 3. The van der Waals surface area contributed by atoms with Gasteiger partial charge in [-0.25, -0.2) is 0 Å². The summed E-state index contributed by atoms with van der Waals surface area (Å²) in [4.78, 5) is 22.8. The van der Waals surface area contributed by atoms with Crippen LogP contribution in [0.5, 0.6) is 0 Å². The second-order valence-electron chi connectivity index (χ2n) is 4.84. The molecule has 1 aromatic rings. The van der Waals surface area contributed by atoms with Crippen LogP contribution in [-0.2, 0) is 14.3 Å². The van der Waals surface area contributed by atoms with Gasteiger partial charge in [-0.2, -0.15) is 0 Å². The largest absolute Gasteiger partial charge is 0.465 e. The fraction of sp³-hybridized carbons (Fsp3) is 0.385. The number of carbonyl (C=O) groups excluding carboxylic acids is 2. The molecule has 1 fully saturated rings.